The minimum Gasteiger partial charge on any atom is -0.316 e. The van der Waals surface area contributed by atoms with Gasteiger partial charge in [0.15, 0.2) is 0 Å². The molecule has 0 spiro atoms. The molecule has 3 unspecified atom stereocenters. The summed E-state index contributed by atoms with van der Waals surface area (Å²) in [7, 11) is 1.29. The van der Waals surface area contributed by atoms with Crippen LogP contribution in [0.2, 0.25) is 0 Å². The van der Waals surface area contributed by atoms with Crippen LogP contribution in [0.4, 0.5) is 0 Å². The van der Waals surface area contributed by atoms with E-state index in [9.17, 15) is 4.21 Å². The summed E-state index contributed by atoms with van der Waals surface area (Å²) in [6, 6.07) is 0.430. The molecule has 0 aliphatic heterocycles. The molecule has 0 aromatic heterocycles. The zero-order chi connectivity index (χ0) is 10.3. The van der Waals surface area contributed by atoms with E-state index < -0.39 is 10.8 Å². The third-order valence-corrected chi connectivity index (χ3v) is 4.40. The molecule has 0 fully saturated rings. The van der Waals surface area contributed by atoms with Crippen LogP contribution in [-0.2, 0) is 10.8 Å². The monoisotopic (exact) mass is 205 g/mol. The van der Waals surface area contributed by atoms with Crippen LogP contribution in [0.5, 0.6) is 0 Å². The van der Waals surface area contributed by atoms with Crippen molar-refractivity contribution in [3.05, 3.63) is 0 Å². The largest absolute Gasteiger partial charge is 0.316 e. The SMILES string of the molecule is CCCC(CS(=O)C(C)CC)NC. The summed E-state index contributed by atoms with van der Waals surface area (Å²) in [5, 5.41) is 3.56. The van der Waals surface area contributed by atoms with E-state index in [1.807, 2.05) is 7.05 Å². The normalized spacial score (nSPS) is 18.2. The maximum atomic E-state index is 11.7. The van der Waals surface area contributed by atoms with Crippen molar-refractivity contribution in [1.29, 1.82) is 0 Å². The van der Waals surface area contributed by atoms with Crippen LogP contribution in [0, 0.1) is 0 Å². The van der Waals surface area contributed by atoms with Crippen molar-refractivity contribution >= 4 is 10.8 Å². The highest BCUT2D eigenvalue weighted by atomic mass is 32.2. The Morgan fingerprint density at radius 2 is 2.00 bits per heavy atom. The molecule has 0 saturated heterocycles. The van der Waals surface area contributed by atoms with E-state index in [4.69, 9.17) is 0 Å². The average molecular weight is 205 g/mol. The molecule has 3 heteroatoms. The van der Waals surface area contributed by atoms with Crippen molar-refractivity contribution in [2.45, 2.75) is 51.3 Å². The zero-order valence-corrected chi connectivity index (χ0v) is 10.1. The second-order valence-corrected chi connectivity index (χ2v) is 5.44. The molecule has 0 rings (SSSR count). The van der Waals surface area contributed by atoms with Crippen molar-refractivity contribution in [2.75, 3.05) is 12.8 Å². The minimum absolute atomic E-state index is 0.340. The molecule has 0 radical (unpaired) electrons. The summed E-state index contributed by atoms with van der Waals surface area (Å²) in [6.07, 6.45) is 3.29. The van der Waals surface area contributed by atoms with Gasteiger partial charge in [-0.3, -0.25) is 4.21 Å². The fourth-order valence-electron chi connectivity index (χ4n) is 1.21. The van der Waals surface area contributed by atoms with Crippen molar-refractivity contribution in [3.63, 3.8) is 0 Å². The quantitative estimate of drug-likeness (QED) is 0.688. The van der Waals surface area contributed by atoms with Gasteiger partial charge in [-0.05, 0) is 19.9 Å². The molecule has 0 aliphatic rings. The fourth-order valence-corrected chi connectivity index (χ4v) is 2.64. The standard InChI is InChI=1S/C10H23NOS/c1-5-7-10(11-4)8-13(12)9(3)6-2/h9-11H,5-8H2,1-4H3. The highest BCUT2D eigenvalue weighted by molar-refractivity contribution is 7.85. The molecular weight excluding hydrogens is 182 g/mol. The highest BCUT2D eigenvalue weighted by Crippen LogP contribution is 2.05. The molecule has 0 heterocycles. The van der Waals surface area contributed by atoms with E-state index >= 15 is 0 Å². The van der Waals surface area contributed by atoms with Crippen molar-refractivity contribution in [2.24, 2.45) is 0 Å². The van der Waals surface area contributed by atoms with Crippen LogP contribution in [-0.4, -0.2) is 28.3 Å². The smallest absolute Gasteiger partial charge is 0.0391 e. The van der Waals surface area contributed by atoms with Gasteiger partial charge in [-0.1, -0.05) is 27.2 Å². The second kappa shape index (κ2) is 7.51. The van der Waals surface area contributed by atoms with E-state index in [1.165, 1.54) is 0 Å². The van der Waals surface area contributed by atoms with Gasteiger partial charge in [-0.25, -0.2) is 0 Å². The van der Waals surface area contributed by atoms with Crippen LogP contribution < -0.4 is 5.32 Å². The van der Waals surface area contributed by atoms with Gasteiger partial charge in [0.25, 0.3) is 0 Å². The molecule has 1 N–H and O–H groups in total. The summed E-state index contributed by atoms with van der Waals surface area (Å²) in [5.41, 5.74) is 0. The Morgan fingerprint density at radius 3 is 2.38 bits per heavy atom. The second-order valence-electron chi connectivity index (χ2n) is 3.54. The molecule has 0 amide bonds. The van der Waals surface area contributed by atoms with Crippen LogP contribution >= 0.6 is 0 Å². The van der Waals surface area contributed by atoms with E-state index in [-0.39, 0.29) is 0 Å². The first-order valence-electron chi connectivity index (χ1n) is 5.20. The molecule has 0 aliphatic carbocycles. The molecule has 0 bridgehead atoms. The van der Waals surface area contributed by atoms with Crippen molar-refractivity contribution < 1.29 is 4.21 Å². The minimum atomic E-state index is -0.659. The first-order valence-corrected chi connectivity index (χ1v) is 6.58. The predicted molar refractivity (Wildman–Crippen MR) is 60.5 cm³/mol. The summed E-state index contributed by atoms with van der Waals surface area (Å²) >= 11 is 0. The molecule has 2 nitrogen and oxygen atoms in total. The van der Waals surface area contributed by atoms with Gasteiger partial charge in [0.05, 0.1) is 0 Å². The van der Waals surface area contributed by atoms with Crippen LogP contribution in [0.1, 0.15) is 40.0 Å². The van der Waals surface area contributed by atoms with Crippen molar-refractivity contribution in [3.8, 4) is 0 Å². The fraction of sp³-hybridized carbons (Fsp3) is 1.00. The lowest BCUT2D eigenvalue weighted by Crippen LogP contribution is -2.33. The molecule has 0 saturated carbocycles. The van der Waals surface area contributed by atoms with Gasteiger partial charge < -0.3 is 5.32 Å². The zero-order valence-electron chi connectivity index (χ0n) is 9.30. The Hall–Kier alpha value is 0.110. The van der Waals surface area contributed by atoms with Crippen LogP contribution in [0.25, 0.3) is 0 Å². The molecule has 80 valence electrons. The summed E-state index contributed by atoms with van der Waals surface area (Å²) in [6.45, 7) is 6.32. The summed E-state index contributed by atoms with van der Waals surface area (Å²) < 4.78 is 11.7. The Labute approximate surface area is 84.9 Å². The average Bonchev–Trinajstić information content (AvgIpc) is 2.15. The number of nitrogens with one attached hydrogen (secondary N) is 1. The Morgan fingerprint density at radius 1 is 1.38 bits per heavy atom. The third-order valence-electron chi connectivity index (χ3n) is 2.43. The van der Waals surface area contributed by atoms with E-state index in [0.29, 0.717) is 11.3 Å². The first kappa shape index (κ1) is 13.1. The lowest BCUT2D eigenvalue weighted by Gasteiger charge is -2.17. The third kappa shape index (κ3) is 5.42. The topological polar surface area (TPSA) is 29.1 Å². The Bertz CT molecular complexity index is 150. The van der Waals surface area contributed by atoms with E-state index in [1.54, 1.807) is 0 Å². The molecular formula is C10H23NOS. The molecule has 3 atom stereocenters. The maximum absolute atomic E-state index is 11.7. The van der Waals surface area contributed by atoms with Gasteiger partial charge in [-0.2, -0.15) is 0 Å². The number of hydrogen-bond acceptors (Lipinski definition) is 2. The maximum Gasteiger partial charge on any atom is 0.0391 e. The van der Waals surface area contributed by atoms with E-state index in [0.717, 1.165) is 25.0 Å². The highest BCUT2D eigenvalue weighted by Gasteiger charge is 2.13. The van der Waals surface area contributed by atoms with Gasteiger partial charge >= 0.3 is 0 Å². The predicted octanol–water partition coefficient (Wildman–Crippen LogP) is 1.92. The first-order chi connectivity index (χ1) is 6.15. The Kier molecular flexibility index (Phi) is 7.57. The lowest BCUT2D eigenvalue weighted by molar-refractivity contribution is 0.555. The lowest BCUT2D eigenvalue weighted by atomic mass is 10.2. The number of rotatable bonds is 7. The van der Waals surface area contributed by atoms with Gasteiger partial charge in [-0.15, -0.1) is 0 Å². The van der Waals surface area contributed by atoms with Crippen molar-refractivity contribution in [1.82, 2.24) is 5.32 Å². The van der Waals surface area contributed by atoms with E-state index in [2.05, 4.69) is 26.1 Å². The van der Waals surface area contributed by atoms with Crippen LogP contribution in [0.15, 0.2) is 0 Å². The van der Waals surface area contributed by atoms with Gasteiger partial charge in [0.1, 0.15) is 0 Å². The van der Waals surface area contributed by atoms with Gasteiger partial charge in [0, 0.05) is 27.8 Å². The molecule has 0 aromatic carbocycles. The summed E-state index contributed by atoms with van der Waals surface area (Å²) in [5.74, 6) is 0.805. The number of hydrogen-bond donors (Lipinski definition) is 1. The summed E-state index contributed by atoms with van der Waals surface area (Å²) in [4.78, 5) is 0. The Balaban J connectivity index is 3.85. The molecule has 0 aromatic rings. The van der Waals surface area contributed by atoms with Crippen LogP contribution in [0.3, 0.4) is 0 Å². The molecule has 13 heavy (non-hydrogen) atoms. The van der Waals surface area contributed by atoms with Gasteiger partial charge in [0.2, 0.25) is 0 Å².